The maximum atomic E-state index is 12.3. The minimum absolute atomic E-state index is 0.0845. The lowest BCUT2D eigenvalue weighted by molar-refractivity contribution is -0.134. The quantitative estimate of drug-likeness (QED) is 0.734. The van der Waals surface area contributed by atoms with Crippen LogP contribution in [0, 0.1) is 6.92 Å². The van der Waals surface area contributed by atoms with E-state index in [1.54, 1.807) is 17.2 Å². The molecule has 3 rings (SSSR count). The molecule has 2 N–H and O–H groups in total. The summed E-state index contributed by atoms with van der Waals surface area (Å²) < 4.78 is 1.79. The molecule has 1 atom stereocenters. The number of aryl methyl sites for hydroxylation is 1. The Morgan fingerprint density at radius 2 is 2.08 bits per heavy atom. The summed E-state index contributed by atoms with van der Waals surface area (Å²) in [6, 6.07) is 7.68. The summed E-state index contributed by atoms with van der Waals surface area (Å²) in [6.07, 6.45) is 3.36. The van der Waals surface area contributed by atoms with E-state index in [-0.39, 0.29) is 18.2 Å². The lowest BCUT2D eigenvalue weighted by Crippen LogP contribution is -2.56. The molecule has 1 saturated heterocycles. The first-order valence-corrected chi connectivity index (χ1v) is 8.79. The van der Waals surface area contributed by atoms with Gasteiger partial charge in [-0.2, -0.15) is 0 Å². The Labute approximate surface area is 152 Å². The number of hydrogen-bond acceptors (Lipinski definition) is 5. The molecule has 1 aliphatic rings. The van der Waals surface area contributed by atoms with E-state index in [9.17, 15) is 9.59 Å². The molecule has 0 radical (unpaired) electrons. The van der Waals surface area contributed by atoms with Gasteiger partial charge in [0.15, 0.2) is 0 Å². The Morgan fingerprint density at radius 3 is 2.85 bits per heavy atom. The lowest BCUT2D eigenvalue weighted by atomic mass is 10.0. The molecule has 2 heterocycles. The summed E-state index contributed by atoms with van der Waals surface area (Å²) in [5.74, 6) is -0.214. The maximum absolute atomic E-state index is 12.3. The van der Waals surface area contributed by atoms with E-state index in [1.165, 1.54) is 11.1 Å². The number of carbonyl (C=O) groups is 2. The molecular formula is C18H24N6O2. The second kappa shape index (κ2) is 8.57. The summed E-state index contributed by atoms with van der Waals surface area (Å²) in [5.41, 5.74) is 2.37. The van der Waals surface area contributed by atoms with Crippen LogP contribution >= 0.6 is 0 Å². The van der Waals surface area contributed by atoms with E-state index in [2.05, 4.69) is 44.8 Å². The van der Waals surface area contributed by atoms with Gasteiger partial charge in [0, 0.05) is 32.7 Å². The van der Waals surface area contributed by atoms with Crippen LogP contribution in [0.2, 0.25) is 0 Å². The summed E-state index contributed by atoms with van der Waals surface area (Å²) in [5, 5.41) is 13.2. The monoisotopic (exact) mass is 356 g/mol. The van der Waals surface area contributed by atoms with Crippen molar-refractivity contribution in [3.8, 4) is 0 Å². The number of amides is 2. The molecule has 138 valence electrons. The number of aromatic nitrogens is 3. The van der Waals surface area contributed by atoms with E-state index in [0.717, 1.165) is 6.54 Å². The second-order valence-electron chi connectivity index (χ2n) is 6.46. The molecule has 8 heteroatoms. The molecule has 26 heavy (non-hydrogen) atoms. The van der Waals surface area contributed by atoms with Crippen LogP contribution in [0.4, 0.5) is 0 Å². The molecule has 1 aliphatic heterocycles. The molecule has 2 amide bonds. The van der Waals surface area contributed by atoms with Crippen molar-refractivity contribution in [3.63, 3.8) is 0 Å². The van der Waals surface area contributed by atoms with E-state index >= 15 is 0 Å². The molecule has 1 unspecified atom stereocenters. The smallest absolute Gasteiger partial charge is 0.237 e. The van der Waals surface area contributed by atoms with Gasteiger partial charge in [-0.3, -0.25) is 14.5 Å². The van der Waals surface area contributed by atoms with Crippen molar-refractivity contribution in [1.29, 1.82) is 0 Å². The fourth-order valence-electron chi connectivity index (χ4n) is 3.09. The fraction of sp³-hybridized carbons (Fsp3) is 0.444. The number of piperazine rings is 1. The average Bonchev–Trinajstić information content (AvgIpc) is 3.13. The van der Waals surface area contributed by atoms with Gasteiger partial charge in [-0.15, -0.1) is 10.2 Å². The maximum Gasteiger partial charge on any atom is 0.237 e. The van der Waals surface area contributed by atoms with Gasteiger partial charge in [0.2, 0.25) is 11.8 Å². The normalized spacial score (nSPS) is 17.7. The highest BCUT2D eigenvalue weighted by molar-refractivity contribution is 5.88. The lowest BCUT2D eigenvalue weighted by Gasteiger charge is -2.35. The number of carbonyl (C=O) groups excluding carboxylic acids is 2. The van der Waals surface area contributed by atoms with E-state index in [0.29, 0.717) is 26.2 Å². The number of rotatable bonds is 7. The van der Waals surface area contributed by atoms with Crippen molar-refractivity contribution in [3.05, 3.63) is 48.0 Å². The average molecular weight is 356 g/mol. The van der Waals surface area contributed by atoms with E-state index in [4.69, 9.17) is 0 Å². The Kier molecular flexibility index (Phi) is 5.96. The third-order valence-corrected chi connectivity index (χ3v) is 4.61. The van der Waals surface area contributed by atoms with Gasteiger partial charge < -0.3 is 15.2 Å². The Hall–Kier alpha value is -2.74. The molecule has 1 aromatic heterocycles. The molecule has 2 aromatic rings. The summed E-state index contributed by atoms with van der Waals surface area (Å²) in [7, 11) is 0. The minimum Gasteiger partial charge on any atom is -0.354 e. The third kappa shape index (κ3) is 4.66. The SMILES string of the molecule is Cc1ccccc1CN1CCNC(=O)C1CC(=O)NCCn1cnnc1. The number of nitrogens with zero attached hydrogens (tertiary/aromatic N) is 4. The molecule has 0 saturated carbocycles. The van der Waals surface area contributed by atoms with Crippen molar-refractivity contribution in [2.24, 2.45) is 0 Å². The van der Waals surface area contributed by atoms with Crippen molar-refractivity contribution in [2.45, 2.75) is 32.5 Å². The standard InChI is InChI=1S/C18H24N6O2/c1-14-4-2-3-5-15(14)11-24-9-7-20-18(26)16(24)10-17(25)19-6-8-23-12-21-22-13-23/h2-5,12-13,16H,6-11H2,1H3,(H,19,25)(H,20,26). The van der Waals surface area contributed by atoms with Crippen molar-refractivity contribution < 1.29 is 9.59 Å². The van der Waals surface area contributed by atoms with Gasteiger partial charge in [-0.25, -0.2) is 0 Å². The Morgan fingerprint density at radius 1 is 1.31 bits per heavy atom. The molecule has 8 nitrogen and oxygen atoms in total. The number of hydrogen-bond donors (Lipinski definition) is 2. The van der Waals surface area contributed by atoms with Gasteiger partial charge >= 0.3 is 0 Å². The zero-order valence-electron chi connectivity index (χ0n) is 14.9. The van der Waals surface area contributed by atoms with Gasteiger partial charge in [0.25, 0.3) is 0 Å². The number of nitrogens with one attached hydrogen (secondary N) is 2. The fourth-order valence-corrected chi connectivity index (χ4v) is 3.09. The van der Waals surface area contributed by atoms with Crippen LogP contribution in [0.15, 0.2) is 36.9 Å². The van der Waals surface area contributed by atoms with Crippen molar-refractivity contribution in [2.75, 3.05) is 19.6 Å². The van der Waals surface area contributed by atoms with Crippen LogP contribution in [0.1, 0.15) is 17.5 Å². The highest BCUT2D eigenvalue weighted by atomic mass is 16.2. The molecule has 0 spiro atoms. The predicted octanol–water partition coefficient (Wildman–Crippen LogP) is 0.0934. The Bertz CT molecular complexity index is 746. The first-order valence-electron chi connectivity index (χ1n) is 8.79. The highest BCUT2D eigenvalue weighted by Gasteiger charge is 2.31. The molecule has 0 aliphatic carbocycles. The summed E-state index contributed by atoms with van der Waals surface area (Å²) in [4.78, 5) is 26.7. The van der Waals surface area contributed by atoms with Crippen LogP contribution < -0.4 is 10.6 Å². The van der Waals surface area contributed by atoms with E-state index < -0.39 is 6.04 Å². The van der Waals surface area contributed by atoms with Gasteiger partial charge in [-0.05, 0) is 18.1 Å². The zero-order valence-corrected chi connectivity index (χ0v) is 14.9. The molecule has 1 fully saturated rings. The van der Waals surface area contributed by atoms with Crippen molar-refractivity contribution >= 4 is 11.8 Å². The van der Waals surface area contributed by atoms with E-state index in [1.807, 2.05) is 12.1 Å². The molecular weight excluding hydrogens is 332 g/mol. The van der Waals surface area contributed by atoms with Gasteiger partial charge in [0.05, 0.1) is 12.5 Å². The summed E-state index contributed by atoms with van der Waals surface area (Å²) >= 11 is 0. The van der Waals surface area contributed by atoms with Crippen molar-refractivity contribution in [1.82, 2.24) is 30.3 Å². The van der Waals surface area contributed by atoms with Gasteiger partial charge in [-0.1, -0.05) is 24.3 Å². The first-order chi connectivity index (χ1) is 12.6. The van der Waals surface area contributed by atoms with Crippen LogP contribution in [-0.2, 0) is 22.7 Å². The zero-order chi connectivity index (χ0) is 18.4. The summed E-state index contributed by atoms with van der Waals surface area (Å²) in [6.45, 7) is 5.14. The third-order valence-electron chi connectivity index (χ3n) is 4.61. The second-order valence-corrected chi connectivity index (χ2v) is 6.46. The topological polar surface area (TPSA) is 92.2 Å². The molecule has 0 bridgehead atoms. The Balaban J connectivity index is 1.56. The van der Waals surface area contributed by atoms with Gasteiger partial charge in [0.1, 0.15) is 12.7 Å². The molecule has 1 aromatic carbocycles. The number of benzene rings is 1. The highest BCUT2D eigenvalue weighted by Crippen LogP contribution is 2.16. The first kappa shape index (κ1) is 18.1. The predicted molar refractivity (Wildman–Crippen MR) is 96.0 cm³/mol. The largest absolute Gasteiger partial charge is 0.354 e. The van der Waals surface area contributed by atoms with Crippen LogP contribution in [0.3, 0.4) is 0 Å². The minimum atomic E-state index is -0.446. The van der Waals surface area contributed by atoms with Crippen LogP contribution in [0.25, 0.3) is 0 Å². The van der Waals surface area contributed by atoms with Crippen LogP contribution in [-0.4, -0.2) is 57.2 Å². The van der Waals surface area contributed by atoms with Crippen LogP contribution in [0.5, 0.6) is 0 Å².